The van der Waals surface area contributed by atoms with Crippen molar-refractivity contribution in [2.24, 2.45) is 0 Å². The number of nitrogens with zero attached hydrogens (tertiary/aromatic N) is 1. The number of rotatable bonds is 3. The van der Waals surface area contributed by atoms with Crippen LogP contribution in [0.15, 0.2) is 0 Å². The van der Waals surface area contributed by atoms with E-state index in [0.29, 0.717) is 6.42 Å². The molecule has 0 bridgehead atoms. The average molecular weight is 253 g/mol. The molecule has 0 aromatic heterocycles. The molecular weight excluding hydrogens is 230 g/mol. The first-order valence-electron chi connectivity index (χ1n) is 7.03. The van der Waals surface area contributed by atoms with Crippen molar-refractivity contribution in [3.8, 4) is 0 Å². The minimum Gasteiger partial charge on any atom is -0.351 e. The highest BCUT2D eigenvalue weighted by atomic mass is 16.2. The van der Waals surface area contributed by atoms with E-state index in [1.165, 1.54) is 0 Å². The summed E-state index contributed by atoms with van der Waals surface area (Å²) in [5.74, 6) is 0.118. The van der Waals surface area contributed by atoms with Gasteiger partial charge in [-0.25, -0.2) is 0 Å². The average Bonchev–Trinajstić information content (AvgIpc) is 2.81. The zero-order chi connectivity index (χ0) is 12.8. The molecule has 5 heteroatoms. The van der Waals surface area contributed by atoms with Gasteiger partial charge in [-0.15, -0.1) is 0 Å². The zero-order valence-corrected chi connectivity index (χ0v) is 10.9. The van der Waals surface area contributed by atoms with E-state index in [1.54, 1.807) is 4.90 Å². The lowest BCUT2D eigenvalue weighted by Crippen LogP contribution is -2.45. The minimum absolute atomic E-state index is 0.0161. The second-order valence-corrected chi connectivity index (χ2v) is 5.24. The van der Waals surface area contributed by atoms with E-state index < -0.39 is 0 Å². The van der Waals surface area contributed by atoms with Crippen molar-refractivity contribution in [3.05, 3.63) is 0 Å². The molecule has 102 valence electrons. The summed E-state index contributed by atoms with van der Waals surface area (Å²) < 4.78 is 0. The molecule has 1 atom stereocenters. The Morgan fingerprint density at radius 1 is 1.33 bits per heavy atom. The topological polar surface area (TPSA) is 61.4 Å². The first-order valence-corrected chi connectivity index (χ1v) is 7.03. The molecule has 1 unspecified atom stereocenters. The van der Waals surface area contributed by atoms with Crippen LogP contribution in [0.25, 0.3) is 0 Å². The second kappa shape index (κ2) is 6.73. The first-order chi connectivity index (χ1) is 8.75. The number of nitrogens with one attached hydrogen (secondary N) is 2. The van der Waals surface area contributed by atoms with Crippen LogP contribution >= 0.6 is 0 Å². The first kappa shape index (κ1) is 13.3. The monoisotopic (exact) mass is 253 g/mol. The molecule has 2 aliphatic rings. The van der Waals surface area contributed by atoms with Crippen LogP contribution in [0.1, 0.15) is 38.5 Å². The quantitative estimate of drug-likeness (QED) is 0.758. The lowest BCUT2D eigenvalue weighted by molar-refractivity contribution is -0.136. The molecular formula is C13H23N3O2. The zero-order valence-electron chi connectivity index (χ0n) is 10.9. The predicted molar refractivity (Wildman–Crippen MR) is 69.1 cm³/mol. The molecule has 2 amide bonds. The Morgan fingerprint density at radius 3 is 2.94 bits per heavy atom. The number of hydrogen-bond acceptors (Lipinski definition) is 3. The summed E-state index contributed by atoms with van der Waals surface area (Å²) in [6.45, 7) is 2.78. The van der Waals surface area contributed by atoms with Crippen LogP contribution in [0.3, 0.4) is 0 Å². The molecule has 2 rings (SSSR count). The Hall–Kier alpha value is -1.10. The van der Waals surface area contributed by atoms with Crippen molar-refractivity contribution in [2.75, 3.05) is 26.2 Å². The molecule has 0 saturated carbocycles. The molecule has 2 saturated heterocycles. The molecule has 2 aliphatic heterocycles. The van der Waals surface area contributed by atoms with Gasteiger partial charge >= 0.3 is 0 Å². The SMILES string of the molecule is O=C(CN1CCCCCCC1=O)NC1CCNC1. The molecule has 2 fully saturated rings. The van der Waals surface area contributed by atoms with Crippen molar-refractivity contribution in [2.45, 2.75) is 44.6 Å². The Balaban J connectivity index is 1.78. The summed E-state index contributed by atoms with van der Waals surface area (Å²) in [4.78, 5) is 25.5. The fraction of sp³-hybridized carbons (Fsp3) is 0.846. The van der Waals surface area contributed by atoms with Gasteiger partial charge in [0.25, 0.3) is 0 Å². The molecule has 0 aromatic rings. The van der Waals surface area contributed by atoms with E-state index in [1.807, 2.05) is 0 Å². The van der Waals surface area contributed by atoms with Gasteiger partial charge in [0.1, 0.15) is 0 Å². The van der Waals surface area contributed by atoms with Gasteiger partial charge in [0.2, 0.25) is 11.8 Å². The number of hydrogen-bond donors (Lipinski definition) is 2. The van der Waals surface area contributed by atoms with Crippen LogP contribution < -0.4 is 10.6 Å². The molecule has 2 N–H and O–H groups in total. The van der Waals surface area contributed by atoms with E-state index >= 15 is 0 Å². The third kappa shape index (κ3) is 3.98. The van der Waals surface area contributed by atoms with E-state index in [-0.39, 0.29) is 24.4 Å². The maximum atomic E-state index is 11.9. The van der Waals surface area contributed by atoms with Gasteiger partial charge < -0.3 is 15.5 Å². The summed E-state index contributed by atoms with van der Waals surface area (Å²) in [5, 5.41) is 6.20. The molecule has 0 aliphatic carbocycles. The van der Waals surface area contributed by atoms with E-state index in [0.717, 1.165) is 51.7 Å². The number of carbonyl (C=O) groups excluding carboxylic acids is 2. The number of carbonyl (C=O) groups is 2. The van der Waals surface area contributed by atoms with Crippen LogP contribution in [0.5, 0.6) is 0 Å². The van der Waals surface area contributed by atoms with Crippen LogP contribution in [0.4, 0.5) is 0 Å². The maximum absolute atomic E-state index is 11.9. The van der Waals surface area contributed by atoms with Crippen LogP contribution in [0.2, 0.25) is 0 Å². The van der Waals surface area contributed by atoms with Crippen LogP contribution in [-0.4, -0.2) is 48.9 Å². The predicted octanol–water partition coefficient (Wildman–Crippen LogP) is 0.257. The maximum Gasteiger partial charge on any atom is 0.239 e. The normalized spacial score (nSPS) is 25.7. The van der Waals surface area contributed by atoms with Gasteiger partial charge in [-0.3, -0.25) is 9.59 Å². The van der Waals surface area contributed by atoms with Crippen LogP contribution in [-0.2, 0) is 9.59 Å². The molecule has 5 nitrogen and oxygen atoms in total. The van der Waals surface area contributed by atoms with Crippen molar-refractivity contribution in [1.82, 2.24) is 15.5 Å². The summed E-state index contributed by atoms with van der Waals surface area (Å²) >= 11 is 0. The third-order valence-corrected chi connectivity index (χ3v) is 3.68. The van der Waals surface area contributed by atoms with Gasteiger partial charge in [0.15, 0.2) is 0 Å². The Bertz CT molecular complexity index is 301. The Morgan fingerprint density at radius 2 is 2.17 bits per heavy atom. The smallest absolute Gasteiger partial charge is 0.239 e. The fourth-order valence-electron chi connectivity index (χ4n) is 2.61. The van der Waals surface area contributed by atoms with Crippen LogP contribution in [0, 0.1) is 0 Å². The second-order valence-electron chi connectivity index (χ2n) is 5.24. The molecule has 0 spiro atoms. The molecule has 2 heterocycles. The molecule has 0 aromatic carbocycles. The molecule has 0 radical (unpaired) electrons. The highest BCUT2D eigenvalue weighted by molar-refractivity contribution is 5.85. The van der Waals surface area contributed by atoms with Gasteiger partial charge in [0, 0.05) is 25.6 Å². The van der Waals surface area contributed by atoms with E-state index in [2.05, 4.69) is 10.6 Å². The number of amides is 2. The highest BCUT2D eigenvalue weighted by Gasteiger charge is 2.21. The Labute approximate surface area is 108 Å². The van der Waals surface area contributed by atoms with Crippen molar-refractivity contribution < 1.29 is 9.59 Å². The van der Waals surface area contributed by atoms with E-state index in [9.17, 15) is 9.59 Å². The van der Waals surface area contributed by atoms with E-state index in [4.69, 9.17) is 0 Å². The summed E-state index contributed by atoms with van der Waals surface area (Å²) in [6, 6.07) is 0.238. The fourth-order valence-corrected chi connectivity index (χ4v) is 2.61. The minimum atomic E-state index is -0.0161. The highest BCUT2D eigenvalue weighted by Crippen LogP contribution is 2.11. The Kier molecular flexibility index (Phi) is 4.99. The summed E-state index contributed by atoms with van der Waals surface area (Å²) in [5.41, 5.74) is 0. The lowest BCUT2D eigenvalue weighted by Gasteiger charge is -2.25. The van der Waals surface area contributed by atoms with Gasteiger partial charge in [-0.2, -0.15) is 0 Å². The number of likely N-dealkylation sites (tertiary alicyclic amines) is 1. The van der Waals surface area contributed by atoms with Gasteiger partial charge in [-0.05, 0) is 25.8 Å². The third-order valence-electron chi connectivity index (χ3n) is 3.68. The largest absolute Gasteiger partial charge is 0.351 e. The van der Waals surface area contributed by atoms with Crippen molar-refractivity contribution >= 4 is 11.8 Å². The van der Waals surface area contributed by atoms with Crippen molar-refractivity contribution in [3.63, 3.8) is 0 Å². The molecule has 18 heavy (non-hydrogen) atoms. The lowest BCUT2D eigenvalue weighted by atomic mass is 10.1. The summed E-state index contributed by atoms with van der Waals surface area (Å²) in [7, 11) is 0. The van der Waals surface area contributed by atoms with Gasteiger partial charge in [0.05, 0.1) is 6.54 Å². The van der Waals surface area contributed by atoms with Gasteiger partial charge in [-0.1, -0.05) is 12.8 Å². The van der Waals surface area contributed by atoms with Crippen molar-refractivity contribution in [1.29, 1.82) is 0 Å². The summed E-state index contributed by atoms with van der Waals surface area (Å²) in [6.07, 6.45) is 5.86. The standard InChI is InChI=1S/C13H23N3O2/c17-12(15-11-6-7-14-9-11)10-16-8-4-2-1-3-5-13(16)18/h11,14H,1-10H2,(H,15,17).